The van der Waals surface area contributed by atoms with Gasteiger partial charge in [0.15, 0.2) is 0 Å². The van der Waals surface area contributed by atoms with E-state index >= 15 is 0 Å². The van der Waals surface area contributed by atoms with E-state index in [9.17, 15) is 4.79 Å². The Bertz CT molecular complexity index is 1080. The number of nitrogens with two attached hydrogens (primary N) is 1. The fraction of sp³-hybridized carbons (Fsp3) is 0.385. The van der Waals surface area contributed by atoms with Gasteiger partial charge in [0, 0.05) is 29.1 Å². The maximum Gasteiger partial charge on any atom is 0.328 e. The average Bonchev–Trinajstić information content (AvgIpc) is 3.38. The van der Waals surface area contributed by atoms with Crippen LogP contribution in [0, 0.1) is 5.41 Å². The lowest BCUT2D eigenvalue weighted by atomic mass is 9.99. The molecular weight excluding hydrogens is 400 g/mol. The number of likely N-dealkylation sites (tertiary alicyclic amines) is 1. The first-order valence-electron chi connectivity index (χ1n) is 11.5. The summed E-state index contributed by atoms with van der Waals surface area (Å²) >= 11 is 0. The van der Waals surface area contributed by atoms with Crippen molar-refractivity contribution in [1.29, 1.82) is 5.41 Å². The number of ether oxygens (including phenoxy) is 1. The number of nitrogens with one attached hydrogen (secondary N) is 2. The molecule has 2 aromatic carbocycles. The van der Waals surface area contributed by atoms with Crippen molar-refractivity contribution < 1.29 is 9.53 Å². The number of amidine groups is 1. The van der Waals surface area contributed by atoms with Gasteiger partial charge in [0.2, 0.25) is 0 Å². The van der Waals surface area contributed by atoms with Crippen LogP contribution in [0.3, 0.4) is 0 Å². The molecule has 0 radical (unpaired) electrons. The number of fused-ring (bicyclic) bond motifs is 1. The lowest BCUT2D eigenvalue weighted by molar-refractivity contribution is -0.150. The number of aromatic amines is 1. The van der Waals surface area contributed by atoms with Gasteiger partial charge in [-0.05, 0) is 56.3 Å². The summed E-state index contributed by atoms with van der Waals surface area (Å²) in [5, 5.41) is 8.95. The average molecular weight is 433 g/mol. The van der Waals surface area contributed by atoms with Crippen LogP contribution in [-0.2, 0) is 22.4 Å². The van der Waals surface area contributed by atoms with E-state index in [0.717, 1.165) is 60.0 Å². The molecule has 32 heavy (non-hydrogen) atoms. The standard InChI is InChI=1S/C26H32N4O2/c1-2-32-26(31)25(18-9-4-3-5-10-18)30-16-8-11-19(30)14-15-23-21(17-24(27)28)20-12-6-7-13-22(20)29-23/h3-7,9-10,12-13,19,25,29H,2,8,11,14-17H2,1H3,(H3,27,28)/t19-,25?/m0/s1. The van der Waals surface area contributed by atoms with Crippen LogP contribution in [0.2, 0.25) is 0 Å². The number of rotatable bonds is 9. The Morgan fingerprint density at radius 3 is 2.72 bits per heavy atom. The molecule has 0 bridgehead atoms. The Morgan fingerprint density at radius 2 is 1.97 bits per heavy atom. The van der Waals surface area contributed by atoms with Gasteiger partial charge < -0.3 is 15.5 Å². The second-order valence-electron chi connectivity index (χ2n) is 8.47. The minimum absolute atomic E-state index is 0.171. The molecule has 4 rings (SSSR count). The van der Waals surface area contributed by atoms with E-state index in [1.54, 1.807) is 0 Å². The van der Waals surface area contributed by atoms with Crippen LogP contribution in [-0.4, -0.2) is 40.9 Å². The number of nitrogens with zero attached hydrogens (tertiary/aromatic N) is 1. The number of aromatic nitrogens is 1. The number of benzene rings is 2. The highest BCUT2D eigenvalue weighted by Gasteiger charge is 2.36. The fourth-order valence-electron chi connectivity index (χ4n) is 5.00. The molecule has 0 amide bonds. The Hall–Kier alpha value is -3.12. The van der Waals surface area contributed by atoms with Crippen molar-refractivity contribution in [3.8, 4) is 0 Å². The molecule has 1 aliphatic rings. The summed E-state index contributed by atoms with van der Waals surface area (Å²) in [6, 6.07) is 18.1. The quantitative estimate of drug-likeness (QED) is 0.266. The summed E-state index contributed by atoms with van der Waals surface area (Å²) in [4.78, 5) is 18.8. The molecule has 1 fully saturated rings. The Kier molecular flexibility index (Phi) is 6.90. The summed E-state index contributed by atoms with van der Waals surface area (Å²) < 4.78 is 5.46. The molecule has 1 aromatic heterocycles. The van der Waals surface area contributed by atoms with Gasteiger partial charge in [0.05, 0.1) is 12.4 Å². The summed E-state index contributed by atoms with van der Waals surface area (Å²) in [6.45, 7) is 3.12. The number of carbonyl (C=O) groups is 1. The molecule has 0 spiro atoms. The molecule has 6 nitrogen and oxygen atoms in total. The molecular formula is C26H32N4O2. The van der Waals surface area contributed by atoms with E-state index in [1.807, 2.05) is 49.4 Å². The highest BCUT2D eigenvalue weighted by Crippen LogP contribution is 2.33. The van der Waals surface area contributed by atoms with E-state index in [2.05, 4.69) is 22.0 Å². The molecule has 2 heterocycles. The number of esters is 1. The highest BCUT2D eigenvalue weighted by atomic mass is 16.5. The van der Waals surface area contributed by atoms with E-state index < -0.39 is 0 Å². The number of para-hydroxylation sites is 1. The number of aryl methyl sites for hydroxylation is 1. The number of carbonyl (C=O) groups excluding carboxylic acids is 1. The molecule has 4 N–H and O–H groups in total. The van der Waals surface area contributed by atoms with Gasteiger partial charge in [-0.2, -0.15) is 0 Å². The third kappa shape index (κ3) is 4.70. The third-order valence-corrected chi connectivity index (χ3v) is 6.38. The molecule has 0 saturated carbocycles. The SMILES string of the molecule is CCOC(=O)C(c1ccccc1)N1CCC[C@H]1CCc1[nH]c2ccccc2c1CC(=N)N. The van der Waals surface area contributed by atoms with Gasteiger partial charge in [-0.1, -0.05) is 48.5 Å². The maximum absolute atomic E-state index is 12.9. The zero-order chi connectivity index (χ0) is 22.5. The van der Waals surface area contributed by atoms with Crippen molar-refractivity contribution in [2.75, 3.05) is 13.2 Å². The van der Waals surface area contributed by atoms with Crippen LogP contribution in [0.4, 0.5) is 0 Å². The molecule has 1 unspecified atom stereocenters. The van der Waals surface area contributed by atoms with Gasteiger partial charge in [-0.25, -0.2) is 4.79 Å². The number of hydrogen-bond acceptors (Lipinski definition) is 4. The minimum Gasteiger partial charge on any atom is -0.465 e. The zero-order valence-electron chi connectivity index (χ0n) is 18.6. The zero-order valence-corrected chi connectivity index (χ0v) is 18.6. The Balaban J connectivity index is 1.56. The van der Waals surface area contributed by atoms with Gasteiger partial charge in [-0.15, -0.1) is 0 Å². The van der Waals surface area contributed by atoms with Gasteiger partial charge >= 0.3 is 5.97 Å². The summed E-state index contributed by atoms with van der Waals surface area (Å²) in [5.74, 6) is -0.00145. The summed E-state index contributed by atoms with van der Waals surface area (Å²) in [7, 11) is 0. The number of H-pyrrole nitrogens is 1. The van der Waals surface area contributed by atoms with Crippen LogP contribution >= 0.6 is 0 Å². The van der Waals surface area contributed by atoms with Crippen molar-refractivity contribution in [2.45, 2.75) is 51.1 Å². The van der Waals surface area contributed by atoms with E-state index in [0.29, 0.717) is 19.1 Å². The van der Waals surface area contributed by atoms with Crippen LogP contribution in [0.5, 0.6) is 0 Å². The predicted octanol–water partition coefficient (Wildman–Crippen LogP) is 4.35. The van der Waals surface area contributed by atoms with Crippen LogP contribution in [0.25, 0.3) is 10.9 Å². The molecule has 1 aliphatic heterocycles. The van der Waals surface area contributed by atoms with Gasteiger partial charge in [0.25, 0.3) is 0 Å². The van der Waals surface area contributed by atoms with Crippen molar-refractivity contribution in [3.63, 3.8) is 0 Å². The van der Waals surface area contributed by atoms with Crippen LogP contribution in [0.1, 0.15) is 49.0 Å². The van der Waals surface area contributed by atoms with E-state index in [4.69, 9.17) is 15.9 Å². The third-order valence-electron chi connectivity index (χ3n) is 6.38. The fourth-order valence-corrected chi connectivity index (χ4v) is 5.00. The van der Waals surface area contributed by atoms with Crippen molar-refractivity contribution >= 4 is 22.7 Å². The second-order valence-corrected chi connectivity index (χ2v) is 8.47. The molecule has 2 atom stereocenters. The lowest BCUT2D eigenvalue weighted by Crippen LogP contribution is -2.39. The smallest absolute Gasteiger partial charge is 0.328 e. The first-order chi connectivity index (χ1) is 15.6. The molecule has 6 heteroatoms. The Labute approximate surface area is 189 Å². The monoisotopic (exact) mass is 432 g/mol. The highest BCUT2D eigenvalue weighted by molar-refractivity contribution is 5.90. The van der Waals surface area contributed by atoms with Crippen molar-refractivity contribution in [2.24, 2.45) is 5.73 Å². The summed E-state index contributed by atoms with van der Waals surface area (Å²) in [6.07, 6.45) is 4.36. The summed E-state index contributed by atoms with van der Waals surface area (Å²) in [5.41, 5.74) is 10.1. The van der Waals surface area contributed by atoms with Gasteiger partial charge in [0.1, 0.15) is 6.04 Å². The van der Waals surface area contributed by atoms with E-state index in [1.165, 1.54) is 0 Å². The van der Waals surface area contributed by atoms with Gasteiger partial charge in [-0.3, -0.25) is 10.3 Å². The first-order valence-corrected chi connectivity index (χ1v) is 11.5. The van der Waals surface area contributed by atoms with E-state index in [-0.39, 0.29) is 17.8 Å². The minimum atomic E-state index is -0.372. The Morgan fingerprint density at radius 1 is 1.22 bits per heavy atom. The van der Waals surface area contributed by atoms with Crippen molar-refractivity contribution in [1.82, 2.24) is 9.88 Å². The van der Waals surface area contributed by atoms with Crippen LogP contribution < -0.4 is 5.73 Å². The topological polar surface area (TPSA) is 95.2 Å². The lowest BCUT2D eigenvalue weighted by Gasteiger charge is -2.32. The van der Waals surface area contributed by atoms with Crippen molar-refractivity contribution in [3.05, 3.63) is 71.4 Å². The second kappa shape index (κ2) is 10.0. The first kappa shape index (κ1) is 22.1. The largest absolute Gasteiger partial charge is 0.465 e. The normalized spacial score (nSPS) is 17.5. The molecule has 0 aliphatic carbocycles. The number of hydrogen-bond donors (Lipinski definition) is 3. The predicted molar refractivity (Wildman–Crippen MR) is 128 cm³/mol. The maximum atomic E-state index is 12.9. The van der Waals surface area contributed by atoms with Crippen LogP contribution in [0.15, 0.2) is 54.6 Å². The molecule has 168 valence electrons. The molecule has 1 saturated heterocycles. The molecule has 3 aromatic rings.